The van der Waals surface area contributed by atoms with Gasteiger partial charge < -0.3 is 45.5 Å². The fraction of sp³-hybridized carbons (Fsp3) is 0.467. The normalized spacial score (nSPS) is 41.1. The van der Waals surface area contributed by atoms with E-state index in [0.29, 0.717) is 10.9 Å². The van der Waals surface area contributed by atoms with E-state index in [-0.39, 0.29) is 5.56 Å². The van der Waals surface area contributed by atoms with Gasteiger partial charge in [0.1, 0.15) is 0 Å². The molecule has 0 saturated carbocycles. The van der Waals surface area contributed by atoms with Crippen LogP contribution in [0.25, 0.3) is 10.9 Å². The van der Waals surface area contributed by atoms with Gasteiger partial charge in [0, 0.05) is 22.7 Å². The van der Waals surface area contributed by atoms with Crippen LogP contribution >= 0.6 is 27.5 Å². The average molecular weight is 455 g/mol. The van der Waals surface area contributed by atoms with Crippen molar-refractivity contribution in [2.24, 2.45) is 0 Å². The number of hydrogen-bond acceptors (Lipinski definition) is 8. The Labute approximate surface area is 160 Å². The summed E-state index contributed by atoms with van der Waals surface area (Å²) in [5, 5.41) is 69.3. The zero-order chi connectivity index (χ0) is 19.5. The Morgan fingerprint density at radius 1 is 1.23 bits per heavy atom. The molecule has 0 unspecified atom stereocenters. The number of alkyl halides is 2. The van der Waals surface area contributed by atoms with E-state index in [1.165, 1.54) is 12.3 Å². The Morgan fingerprint density at radius 3 is 2.42 bits per heavy atom. The molecule has 1 aliphatic heterocycles. The summed E-state index contributed by atoms with van der Waals surface area (Å²) < 4.78 is 2.45. The standard InChI is InChI=1S/C15H17BrClNO8/c16-12(6-19)15(17,25)13(23,10(20)14(24,26-12)11(21)22)8-5-18-9-4-2-1-3-7(8)9/h1-5,10-11,18-25H,6H2/t10-,12-,13-,14-,15+/m1/s1. The van der Waals surface area contributed by atoms with Gasteiger partial charge in [-0.15, -0.1) is 0 Å². The second-order valence-electron chi connectivity index (χ2n) is 6.15. The van der Waals surface area contributed by atoms with Crippen LogP contribution < -0.4 is 0 Å². The summed E-state index contributed by atoms with van der Waals surface area (Å²) in [6.45, 7) is -1.11. The molecule has 2 aromatic rings. The molecule has 3 rings (SSSR count). The Balaban J connectivity index is 2.33. The maximum absolute atomic E-state index is 11.3. The van der Waals surface area contributed by atoms with Crippen molar-refractivity contribution in [3.63, 3.8) is 0 Å². The highest BCUT2D eigenvalue weighted by Crippen LogP contribution is 2.58. The number of ether oxygens (including phenoxy) is 1. The number of aliphatic hydroxyl groups is 7. The number of halogens is 2. The lowest BCUT2D eigenvalue weighted by Gasteiger charge is -2.58. The number of hydrogen-bond donors (Lipinski definition) is 8. The lowest BCUT2D eigenvalue weighted by atomic mass is 9.74. The monoisotopic (exact) mass is 453 g/mol. The van der Waals surface area contributed by atoms with Crippen LogP contribution in [0.4, 0.5) is 0 Å². The van der Waals surface area contributed by atoms with Crippen LogP contribution in [-0.4, -0.2) is 75.1 Å². The van der Waals surface area contributed by atoms with E-state index < -0.39 is 40.0 Å². The fourth-order valence-corrected chi connectivity index (χ4v) is 4.06. The minimum Gasteiger partial charge on any atom is -0.392 e. The Morgan fingerprint density at radius 2 is 1.85 bits per heavy atom. The number of rotatable bonds is 3. The van der Waals surface area contributed by atoms with Gasteiger partial charge in [0.05, 0.1) is 6.61 Å². The molecule has 5 atom stereocenters. The predicted octanol–water partition coefficient (Wildman–Crippen LogP) is -1.24. The SMILES string of the molecule is OC[C@@]1(Br)O[C@@](O)(C(O)O)[C@H](O)[C@](O)(c2c[nH]c3ccccc23)[C@]1(O)Cl. The molecule has 0 spiro atoms. The third kappa shape index (κ3) is 2.32. The van der Waals surface area contributed by atoms with Gasteiger partial charge in [0.2, 0.25) is 17.1 Å². The first-order chi connectivity index (χ1) is 12.0. The van der Waals surface area contributed by atoms with Crippen LogP contribution in [0.15, 0.2) is 30.5 Å². The lowest BCUT2D eigenvalue weighted by molar-refractivity contribution is -0.439. The summed E-state index contributed by atoms with van der Waals surface area (Å²) in [6.07, 6.45) is -4.03. The first-order valence-corrected chi connectivity index (χ1v) is 8.59. The average Bonchev–Trinajstić information content (AvgIpc) is 3.03. The Bertz CT molecular complexity index is 829. The number of H-pyrrole nitrogens is 1. The molecule has 26 heavy (non-hydrogen) atoms. The van der Waals surface area contributed by atoms with Crippen molar-refractivity contribution < 1.29 is 40.5 Å². The van der Waals surface area contributed by atoms with Gasteiger partial charge in [-0.05, 0) is 22.0 Å². The van der Waals surface area contributed by atoms with Crippen LogP contribution in [0.1, 0.15) is 5.56 Å². The van der Waals surface area contributed by atoms with Crippen molar-refractivity contribution in [2.45, 2.75) is 33.4 Å². The molecule has 1 aromatic carbocycles. The molecule has 0 aliphatic carbocycles. The second-order valence-corrected chi connectivity index (χ2v) is 7.98. The second kappa shape index (κ2) is 6.11. The van der Waals surface area contributed by atoms with Gasteiger partial charge >= 0.3 is 0 Å². The summed E-state index contributed by atoms with van der Waals surface area (Å²) in [4.78, 5) is 2.80. The van der Waals surface area contributed by atoms with Crippen LogP contribution in [0.5, 0.6) is 0 Å². The smallest absolute Gasteiger partial charge is 0.249 e. The largest absolute Gasteiger partial charge is 0.392 e. The van der Waals surface area contributed by atoms with Crippen molar-refractivity contribution in [1.82, 2.24) is 4.98 Å². The predicted molar refractivity (Wildman–Crippen MR) is 92.0 cm³/mol. The first kappa shape index (κ1) is 20.0. The molecule has 1 fully saturated rings. The summed E-state index contributed by atoms with van der Waals surface area (Å²) in [5.74, 6) is -3.21. The van der Waals surface area contributed by atoms with E-state index >= 15 is 0 Å². The molecular weight excluding hydrogens is 438 g/mol. The summed E-state index contributed by atoms with van der Waals surface area (Å²) in [5.41, 5.74) is -2.59. The number of para-hydroxylation sites is 1. The molecular formula is C15H17BrClNO8. The minimum absolute atomic E-state index is 0.169. The van der Waals surface area contributed by atoms with Gasteiger partial charge in [-0.25, -0.2) is 0 Å². The molecule has 11 heteroatoms. The summed E-state index contributed by atoms with van der Waals surface area (Å²) in [6, 6.07) is 6.48. The van der Waals surface area contributed by atoms with Crippen molar-refractivity contribution in [3.05, 3.63) is 36.0 Å². The number of nitrogens with one attached hydrogen (secondary N) is 1. The molecule has 0 amide bonds. The molecule has 0 bridgehead atoms. The summed E-state index contributed by atoms with van der Waals surface area (Å²) >= 11 is 8.93. The summed E-state index contributed by atoms with van der Waals surface area (Å²) in [7, 11) is 0. The van der Waals surface area contributed by atoms with Gasteiger partial charge in [-0.2, -0.15) is 0 Å². The van der Waals surface area contributed by atoms with E-state index in [4.69, 9.17) is 16.3 Å². The van der Waals surface area contributed by atoms with E-state index in [2.05, 4.69) is 20.9 Å². The van der Waals surface area contributed by atoms with Crippen LogP contribution in [0.3, 0.4) is 0 Å². The quantitative estimate of drug-likeness (QED) is 0.210. The fourth-order valence-electron chi connectivity index (χ4n) is 3.19. The van der Waals surface area contributed by atoms with E-state index in [1.54, 1.807) is 18.2 Å². The highest BCUT2D eigenvalue weighted by atomic mass is 79.9. The third-order valence-electron chi connectivity index (χ3n) is 4.69. The van der Waals surface area contributed by atoms with Gasteiger partial charge in [0.15, 0.2) is 16.2 Å². The number of fused-ring (bicyclic) bond motifs is 1. The first-order valence-electron chi connectivity index (χ1n) is 7.42. The van der Waals surface area contributed by atoms with Crippen LogP contribution in [0.2, 0.25) is 0 Å². The molecule has 8 N–H and O–H groups in total. The molecule has 1 saturated heterocycles. The number of aliphatic hydroxyl groups excluding tert-OH is 3. The maximum atomic E-state index is 11.3. The number of aromatic amines is 1. The van der Waals surface area contributed by atoms with E-state index in [1.807, 2.05) is 0 Å². The van der Waals surface area contributed by atoms with Crippen molar-refractivity contribution in [3.8, 4) is 0 Å². The van der Waals surface area contributed by atoms with Crippen LogP contribution in [-0.2, 0) is 10.3 Å². The van der Waals surface area contributed by atoms with E-state index in [0.717, 1.165) is 0 Å². The zero-order valence-corrected chi connectivity index (χ0v) is 15.4. The van der Waals surface area contributed by atoms with Crippen molar-refractivity contribution in [1.29, 1.82) is 0 Å². The van der Waals surface area contributed by atoms with Gasteiger partial charge in [-0.3, -0.25) is 0 Å². The Kier molecular flexibility index (Phi) is 4.69. The third-order valence-corrected chi connectivity index (χ3v) is 6.49. The van der Waals surface area contributed by atoms with E-state index in [9.17, 15) is 35.7 Å². The topological polar surface area (TPSA) is 167 Å². The minimum atomic E-state index is -3.21. The Hall–Kier alpha value is -0.790. The number of aromatic nitrogens is 1. The molecule has 9 nitrogen and oxygen atoms in total. The lowest BCUT2D eigenvalue weighted by Crippen LogP contribution is -2.80. The van der Waals surface area contributed by atoms with Crippen molar-refractivity contribution in [2.75, 3.05) is 6.61 Å². The van der Waals surface area contributed by atoms with Crippen LogP contribution in [0, 0.1) is 0 Å². The molecule has 144 valence electrons. The molecule has 1 aliphatic rings. The molecule has 0 radical (unpaired) electrons. The number of benzene rings is 1. The van der Waals surface area contributed by atoms with Crippen molar-refractivity contribution >= 4 is 38.4 Å². The van der Waals surface area contributed by atoms with Gasteiger partial charge in [-0.1, -0.05) is 29.8 Å². The molecule has 2 heterocycles. The molecule has 1 aromatic heterocycles. The zero-order valence-electron chi connectivity index (χ0n) is 13.0. The van der Waals surface area contributed by atoms with Gasteiger partial charge in [0.25, 0.3) is 0 Å². The maximum Gasteiger partial charge on any atom is 0.249 e. The highest BCUT2D eigenvalue weighted by molar-refractivity contribution is 9.10. The highest BCUT2D eigenvalue weighted by Gasteiger charge is 2.76.